The standard InChI is InChI=1S/C20H26N2O3/c1-3-22(4-2)12-13-24-20(23)18-11-10-17(21)14-19(18)25-15-16-8-6-5-7-9-16/h5-11,14H,3-4,12-13,15,21H2,1-2H3. The summed E-state index contributed by atoms with van der Waals surface area (Å²) < 4.78 is 11.2. The summed E-state index contributed by atoms with van der Waals surface area (Å²) >= 11 is 0. The molecule has 0 aromatic heterocycles. The number of esters is 1. The van der Waals surface area contributed by atoms with Crippen LogP contribution in [0.25, 0.3) is 0 Å². The minimum absolute atomic E-state index is 0.350. The Kier molecular flexibility index (Phi) is 7.29. The van der Waals surface area contributed by atoms with Crippen LogP contribution in [0.3, 0.4) is 0 Å². The topological polar surface area (TPSA) is 64.8 Å². The number of benzene rings is 2. The molecule has 0 heterocycles. The zero-order valence-electron chi connectivity index (χ0n) is 14.9. The zero-order valence-corrected chi connectivity index (χ0v) is 14.9. The first kappa shape index (κ1) is 18.8. The molecule has 134 valence electrons. The molecule has 0 radical (unpaired) electrons. The molecule has 0 aliphatic carbocycles. The van der Waals surface area contributed by atoms with Crippen LogP contribution in [0.1, 0.15) is 29.8 Å². The summed E-state index contributed by atoms with van der Waals surface area (Å²) in [6, 6.07) is 14.8. The lowest BCUT2D eigenvalue weighted by molar-refractivity contribution is 0.0461. The van der Waals surface area contributed by atoms with E-state index in [2.05, 4.69) is 18.7 Å². The van der Waals surface area contributed by atoms with Gasteiger partial charge in [-0.25, -0.2) is 4.79 Å². The molecule has 2 aromatic rings. The maximum absolute atomic E-state index is 12.4. The van der Waals surface area contributed by atoms with Crippen molar-refractivity contribution in [3.05, 3.63) is 59.7 Å². The summed E-state index contributed by atoms with van der Waals surface area (Å²) in [5.74, 6) is 0.0481. The summed E-state index contributed by atoms with van der Waals surface area (Å²) in [6.45, 7) is 7.46. The first-order valence-electron chi connectivity index (χ1n) is 8.59. The molecule has 0 fully saturated rings. The number of ether oxygens (including phenoxy) is 2. The lowest BCUT2D eigenvalue weighted by Crippen LogP contribution is -2.28. The van der Waals surface area contributed by atoms with Crippen LogP contribution >= 0.6 is 0 Å². The van der Waals surface area contributed by atoms with Gasteiger partial charge in [-0.15, -0.1) is 0 Å². The predicted molar refractivity (Wildman–Crippen MR) is 99.7 cm³/mol. The van der Waals surface area contributed by atoms with Gasteiger partial charge in [0.2, 0.25) is 0 Å². The van der Waals surface area contributed by atoms with E-state index in [0.29, 0.717) is 36.8 Å². The zero-order chi connectivity index (χ0) is 18.1. The third-order valence-corrected chi connectivity index (χ3v) is 4.00. The molecule has 5 heteroatoms. The summed E-state index contributed by atoms with van der Waals surface area (Å²) in [4.78, 5) is 14.6. The fourth-order valence-corrected chi connectivity index (χ4v) is 2.45. The van der Waals surface area contributed by atoms with Gasteiger partial charge in [-0.2, -0.15) is 0 Å². The van der Waals surface area contributed by atoms with Gasteiger partial charge in [-0.05, 0) is 30.8 Å². The molecule has 0 aliphatic heterocycles. The van der Waals surface area contributed by atoms with Crippen LogP contribution in [-0.4, -0.2) is 37.1 Å². The fourth-order valence-electron chi connectivity index (χ4n) is 2.45. The summed E-state index contributed by atoms with van der Waals surface area (Å²) in [7, 11) is 0. The minimum atomic E-state index is -0.393. The van der Waals surface area contributed by atoms with Crippen LogP contribution in [-0.2, 0) is 11.3 Å². The van der Waals surface area contributed by atoms with E-state index >= 15 is 0 Å². The van der Waals surface area contributed by atoms with E-state index in [1.165, 1.54) is 0 Å². The van der Waals surface area contributed by atoms with E-state index in [0.717, 1.165) is 18.7 Å². The molecule has 0 saturated heterocycles. The number of nitrogens with two attached hydrogens (primary N) is 1. The van der Waals surface area contributed by atoms with Crippen LogP contribution < -0.4 is 10.5 Å². The van der Waals surface area contributed by atoms with E-state index in [9.17, 15) is 4.79 Å². The van der Waals surface area contributed by atoms with Crippen molar-refractivity contribution < 1.29 is 14.3 Å². The van der Waals surface area contributed by atoms with Crippen molar-refractivity contribution in [1.82, 2.24) is 4.90 Å². The number of anilines is 1. The molecular weight excluding hydrogens is 316 g/mol. The second kappa shape index (κ2) is 9.69. The Morgan fingerprint density at radius 1 is 1.08 bits per heavy atom. The van der Waals surface area contributed by atoms with Crippen molar-refractivity contribution in [2.45, 2.75) is 20.5 Å². The number of likely N-dealkylation sites (N-methyl/N-ethyl adjacent to an activating group) is 1. The number of hydrogen-bond acceptors (Lipinski definition) is 5. The Labute approximate surface area is 149 Å². The Hall–Kier alpha value is -2.53. The highest BCUT2D eigenvalue weighted by Crippen LogP contribution is 2.24. The van der Waals surface area contributed by atoms with Crippen molar-refractivity contribution in [1.29, 1.82) is 0 Å². The van der Waals surface area contributed by atoms with E-state index in [-0.39, 0.29) is 0 Å². The van der Waals surface area contributed by atoms with Crippen LogP contribution in [0.15, 0.2) is 48.5 Å². The molecule has 5 nitrogen and oxygen atoms in total. The summed E-state index contributed by atoms with van der Waals surface area (Å²) in [5, 5.41) is 0. The molecule has 0 unspecified atom stereocenters. The second-order valence-corrected chi connectivity index (χ2v) is 5.69. The SMILES string of the molecule is CCN(CC)CCOC(=O)c1ccc(N)cc1OCc1ccccc1. The lowest BCUT2D eigenvalue weighted by Gasteiger charge is -2.18. The average molecular weight is 342 g/mol. The van der Waals surface area contributed by atoms with Crippen LogP contribution in [0.4, 0.5) is 5.69 Å². The van der Waals surface area contributed by atoms with Crippen molar-refractivity contribution in [3.8, 4) is 5.75 Å². The van der Waals surface area contributed by atoms with Gasteiger partial charge < -0.3 is 20.1 Å². The smallest absolute Gasteiger partial charge is 0.341 e. The molecule has 0 saturated carbocycles. The summed E-state index contributed by atoms with van der Waals surface area (Å²) in [5.41, 5.74) is 7.79. The van der Waals surface area contributed by atoms with Gasteiger partial charge in [0.1, 0.15) is 24.5 Å². The summed E-state index contributed by atoms with van der Waals surface area (Å²) in [6.07, 6.45) is 0. The van der Waals surface area contributed by atoms with E-state index in [1.807, 2.05) is 30.3 Å². The highest BCUT2D eigenvalue weighted by molar-refractivity contribution is 5.93. The first-order chi connectivity index (χ1) is 12.1. The number of nitrogen functional groups attached to an aromatic ring is 1. The monoisotopic (exact) mass is 342 g/mol. The number of carbonyl (C=O) groups excluding carboxylic acids is 1. The number of carbonyl (C=O) groups is 1. The maximum atomic E-state index is 12.4. The largest absolute Gasteiger partial charge is 0.488 e. The normalized spacial score (nSPS) is 10.7. The molecule has 0 bridgehead atoms. The Balaban J connectivity index is 2.00. The molecule has 0 spiro atoms. The first-order valence-corrected chi connectivity index (χ1v) is 8.59. The van der Waals surface area contributed by atoms with Gasteiger partial charge in [0, 0.05) is 18.3 Å². The molecule has 2 rings (SSSR count). The molecular formula is C20H26N2O3. The van der Waals surface area contributed by atoms with Crippen LogP contribution in [0, 0.1) is 0 Å². The van der Waals surface area contributed by atoms with Gasteiger partial charge in [-0.1, -0.05) is 44.2 Å². The van der Waals surface area contributed by atoms with Crippen molar-refractivity contribution in [2.75, 3.05) is 32.0 Å². The van der Waals surface area contributed by atoms with Gasteiger partial charge in [-0.3, -0.25) is 0 Å². The van der Waals surface area contributed by atoms with Gasteiger partial charge in [0.15, 0.2) is 0 Å². The van der Waals surface area contributed by atoms with Crippen LogP contribution in [0.5, 0.6) is 5.75 Å². The molecule has 0 aliphatic rings. The second-order valence-electron chi connectivity index (χ2n) is 5.69. The van der Waals surface area contributed by atoms with E-state index in [1.54, 1.807) is 18.2 Å². The van der Waals surface area contributed by atoms with E-state index < -0.39 is 5.97 Å². The van der Waals surface area contributed by atoms with Crippen LogP contribution in [0.2, 0.25) is 0 Å². The Morgan fingerprint density at radius 3 is 2.48 bits per heavy atom. The molecule has 2 aromatic carbocycles. The minimum Gasteiger partial charge on any atom is -0.488 e. The fraction of sp³-hybridized carbons (Fsp3) is 0.350. The van der Waals surface area contributed by atoms with Crippen molar-refractivity contribution in [2.24, 2.45) is 0 Å². The van der Waals surface area contributed by atoms with Crippen molar-refractivity contribution in [3.63, 3.8) is 0 Å². The van der Waals surface area contributed by atoms with Crippen molar-refractivity contribution >= 4 is 11.7 Å². The quantitative estimate of drug-likeness (QED) is 0.559. The number of rotatable bonds is 9. The van der Waals surface area contributed by atoms with E-state index in [4.69, 9.17) is 15.2 Å². The Morgan fingerprint density at radius 2 is 1.80 bits per heavy atom. The highest BCUT2D eigenvalue weighted by Gasteiger charge is 2.15. The molecule has 0 amide bonds. The van der Waals surface area contributed by atoms with Gasteiger partial charge in [0.25, 0.3) is 0 Å². The highest BCUT2D eigenvalue weighted by atomic mass is 16.5. The molecule has 2 N–H and O–H groups in total. The van der Waals surface area contributed by atoms with Gasteiger partial charge in [0.05, 0.1) is 0 Å². The third-order valence-electron chi connectivity index (χ3n) is 4.00. The third kappa shape index (κ3) is 5.80. The lowest BCUT2D eigenvalue weighted by atomic mass is 10.2. The van der Waals surface area contributed by atoms with Gasteiger partial charge >= 0.3 is 5.97 Å². The molecule has 25 heavy (non-hydrogen) atoms. The number of nitrogens with zero attached hydrogens (tertiary/aromatic N) is 1. The Bertz CT molecular complexity index is 670. The number of hydrogen-bond donors (Lipinski definition) is 1. The molecule has 0 atom stereocenters. The maximum Gasteiger partial charge on any atom is 0.341 e. The average Bonchev–Trinajstić information content (AvgIpc) is 2.64. The predicted octanol–water partition coefficient (Wildman–Crippen LogP) is 3.35.